The van der Waals surface area contributed by atoms with Crippen LogP contribution in [-0.2, 0) is 0 Å². The number of unbranched alkanes of at least 4 members (excludes halogenated alkanes) is 2. The van der Waals surface area contributed by atoms with Gasteiger partial charge in [0.2, 0.25) is 0 Å². The fourth-order valence-electron chi connectivity index (χ4n) is 1.21. The highest BCUT2D eigenvalue weighted by atomic mass is 32.2. The Morgan fingerprint density at radius 3 is 2.18 bits per heavy atom. The van der Waals surface area contributed by atoms with E-state index in [-0.39, 0.29) is 0 Å². The van der Waals surface area contributed by atoms with Crippen LogP contribution < -0.4 is 0 Å². The molecule has 1 heteroatoms. The van der Waals surface area contributed by atoms with Gasteiger partial charge in [0, 0.05) is 5.25 Å². The maximum atomic E-state index is 2.35. The summed E-state index contributed by atoms with van der Waals surface area (Å²) >= 11 is 2.10. The van der Waals surface area contributed by atoms with E-state index in [1.165, 1.54) is 25.7 Å². The zero-order valence-electron chi connectivity index (χ0n) is 8.39. The molecule has 0 saturated carbocycles. The van der Waals surface area contributed by atoms with Crippen LogP contribution in [0.5, 0.6) is 0 Å². The van der Waals surface area contributed by atoms with Crippen LogP contribution in [0.1, 0.15) is 53.4 Å². The molecule has 0 fully saturated rings. The summed E-state index contributed by atoms with van der Waals surface area (Å²) in [4.78, 5) is 0. The summed E-state index contributed by atoms with van der Waals surface area (Å²) in [5.74, 6) is 0. The van der Waals surface area contributed by atoms with E-state index in [1.807, 2.05) is 0 Å². The summed E-state index contributed by atoms with van der Waals surface area (Å²) < 4.78 is 0. The Morgan fingerprint density at radius 1 is 1.09 bits per heavy atom. The van der Waals surface area contributed by atoms with Gasteiger partial charge in [-0.3, -0.25) is 0 Å². The first kappa shape index (κ1) is 11.4. The molecule has 0 aromatic rings. The van der Waals surface area contributed by atoms with Crippen LogP contribution in [0.3, 0.4) is 0 Å². The minimum atomic E-state index is 0.798. The minimum absolute atomic E-state index is 0.798. The summed E-state index contributed by atoms with van der Waals surface area (Å²) in [7, 11) is 0. The number of rotatable bonds is 6. The molecule has 0 aromatic heterocycles. The zero-order valence-corrected chi connectivity index (χ0v) is 9.21. The first-order chi connectivity index (χ1) is 5.16. The molecule has 0 saturated heterocycles. The lowest BCUT2D eigenvalue weighted by Crippen LogP contribution is -2.01. The van der Waals surface area contributed by atoms with E-state index in [2.05, 4.69) is 39.5 Å². The number of thioether (sulfide) groups is 1. The van der Waals surface area contributed by atoms with Crippen LogP contribution >= 0.6 is 11.8 Å². The lowest BCUT2D eigenvalue weighted by atomic mass is 10.2. The van der Waals surface area contributed by atoms with E-state index in [4.69, 9.17) is 0 Å². The maximum Gasteiger partial charge on any atom is 0.00212 e. The van der Waals surface area contributed by atoms with Gasteiger partial charge in [-0.15, -0.1) is 0 Å². The van der Waals surface area contributed by atoms with Crippen LogP contribution in [0.2, 0.25) is 0 Å². The van der Waals surface area contributed by atoms with Crippen LogP contribution in [0.4, 0.5) is 0 Å². The number of hydrogen-bond acceptors (Lipinski definition) is 1. The standard InChI is InChI=1S/C10H22S/c1-5-6-7-8-10(4)11-9(2)3/h9-10H,5-8H2,1-4H3/t10-/m1/s1. The number of hydrogen-bond donors (Lipinski definition) is 0. The fraction of sp³-hybridized carbons (Fsp3) is 1.00. The van der Waals surface area contributed by atoms with E-state index in [9.17, 15) is 0 Å². The van der Waals surface area contributed by atoms with Crippen molar-refractivity contribution in [2.75, 3.05) is 0 Å². The molecule has 0 unspecified atom stereocenters. The lowest BCUT2D eigenvalue weighted by Gasteiger charge is -2.12. The van der Waals surface area contributed by atoms with Crippen molar-refractivity contribution in [1.29, 1.82) is 0 Å². The van der Waals surface area contributed by atoms with Gasteiger partial charge >= 0.3 is 0 Å². The summed E-state index contributed by atoms with van der Waals surface area (Å²) in [6.45, 7) is 9.17. The van der Waals surface area contributed by atoms with E-state index in [0.29, 0.717) is 0 Å². The Morgan fingerprint density at radius 2 is 1.73 bits per heavy atom. The monoisotopic (exact) mass is 174 g/mol. The summed E-state index contributed by atoms with van der Waals surface area (Å²) in [5, 5.41) is 1.66. The van der Waals surface area contributed by atoms with E-state index in [0.717, 1.165) is 10.5 Å². The van der Waals surface area contributed by atoms with Crippen molar-refractivity contribution in [1.82, 2.24) is 0 Å². The van der Waals surface area contributed by atoms with Crippen LogP contribution in [-0.4, -0.2) is 10.5 Å². The first-order valence-corrected chi connectivity index (χ1v) is 5.76. The van der Waals surface area contributed by atoms with Crippen LogP contribution in [0, 0.1) is 0 Å². The van der Waals surface area contributed by atoms with E-state index >= 15 is 0 Å². The van der Waals surface area contributed by atoms with Gasteiger partial charge < -0.3 is 0 Å². The third-order valence-corrected chi connectivity index (χ3v) is 2.96. The molecular formula is C10H22S. The molecule has 0 aromatic carbocycles. The predicted octanol–water partition coefficient (Wildman–Crippen LogP) is 4.10. The molecule has 0 spiro atoms. The summed E-state index contributed by atoms with van der Waals surface area (Å²) in [5.41, 5.74) is 0. The molecular weight excluding hydrogens is 152 g/mol. The van der Waals surface area contributed by atoms with Gasteiger partial charge in [0.15, 0.2) is 0 Å². The molecule has 68 valence electrons. The van der Waals surface area contributed by atoms with Crippen molar-refractivity contribution in [3.05, 3.63) is 0 Å². The van der Waals surface area contributed by atoms with Crippen molar-refractivity contribution in [3.63, 3.8) is 0 Å². The van der Waals surface area contributed by atoms with Crippen molar-refractivity contribution < 1.29 is 0 Å². The van der Waals surface area contributed by atoms with Crippen molar-refractivity contribution in [2.24, 2.45) is 0 Å². The maximum absolute atomic E-state index is 2.35. The SMILES string of the molecule is CCCCC[C@@H](C)SC(C)C. The molecule has 11 heavy (non-hydrogen) atoms. The quantitative estimate of drug-likeness (QED) is 0.546. The Bertz CT molecular complexity index is 78.9. The molecule has 0 bridgehead atoms. The Hall–Kier alpha value is 0.350. The molecule has 0 rings (SSSR count). The molecule has 0 amide bonds. The lowest BCUT2D eigenvalue weighted by molar-refractivity contribution is 0.663. The largest absolute Gasteiger partial charge is 0.156 e. The average Bonchev–Trinajstić information content (AvgIpc) is 1.86. The van der Waals surface area contributed by atoms with Gasteiger partial charge in [-0.2, -0.15) is 11.8 Å². The second kappa shape index (κ2) is 7.02. The normalized spacial score (nSPS) is 13.9. The van der Waals surface area contributed by atoms with Gasteiger partial charge in [0.05, 0.1) is 0 Å². The highest BCUT2D eigenvalue weighted by Crippen LogP contribution is 2.21. The summed E-state index contributed by atoms with van der Waals surface area (Å²) in [6.07, 6.45) is 5.57. The Kier molecular flexibility index (Phi) is 7.25. The minimum Gasteiger partial charge on any atom is -0.156 e. The van der Waals surface area contributed by atoms with Gasteiger partial charge in [-0.1, -0.05) is 47.0 Å². The fourth-order valence-corrected chi connectivity index (χ4v) is 2.45. The average molecular weight is 174 g/mol. The molecule has 0 aliphatic heterocycles. The summed E-state index contributed by atoms with van der Waals surface area (Å²) in [6, 6.07) is 0. The molecule has 0 nitrogen and oxygen atoms in total. The van der Waals surface area contributed by atoms with Crippen molar-refractivity contribution in [2.45, 2.75) is 63.9 Å². The second-order valence-corrected chi connectivity index (χ2v) is 5.51. The van der Waals surface area contributed by atoms with Gasteiger partial charge in [-0.05, 0) is 11.7 Å². The van der Waals surface area contributed by atoms with E-state index in [1.54, 1.807) is 0 Å². The second-order valence-electron chi connectivity index (χ2n) is 3.49. The van der Waals surface area contributed by atoms with E-state index < -0.39 is 0 Å². The molecule has 0 aliphatic rings. The van der Waals surface area contributed by atoms with Gasteiger partial charge in [0.25, 0.3) is 0 Å². The molecule has 0 aliphatic carbocycles. The van der Waals surface area contributed by atoms with Crippen molar-refractivity contribution in [3.8, 4) is 0 Å². The smallest absolute Gasteiger partial charge is 0.00212 e. The Labute approximate surface area is 76.1 Å². The zero-order chi connectivity index (χ0) is 8.69. The third-order valence-electron chi connectivity index (χ3n) is 1.72. The van der Waals surface area contributed by atoms with Gasteiger partial charge in [0.1, 0.15) is 0 Å². The van der Waals surface area contributed by atoms with Gasteiger partial charge in [-0.25, -0.2) is 0 Å². The predicted molar refractivity (Wildman–Crippen MR) is 56.3 cm³/mol. The first-order valence-electron chi connectivity index (χ1n) is 4.82. The van der Waals surface area contributed by atoms with Crippen molar-refractivity contribution >= 4 is 11.8 Å². The third kappa shape index (κ3) is 8.25. The molecule has 0 radical (unpaired) electrons. The molecule has 0 N–H and O–H groups in total. The molecule has 0 heterocycles. The Balaban J connectivity index is 3.15. The van der Waals surface area contributed by atoms with Crippen LogP contribution in [0.15, 0.2) is 0 Å². The topological polar surface area (TPSA) is 0 Å². The highest BCUT2D eigenvalue weighted by Gasteiger charge is 2.03. The van der Waals surface area contributed by atoms with Crippen LogP contribution in [0.25, 0.3) is 0 Å². The highest BCUT2D eigenvalue weighted by molar-refractivity contribution is 8.00. The molecule has 1 atom stereocenters.